The van der Waals surface area contributed by atoms with Crippen molar-refractivity contribution in [2.24, 2.45) is 0 Å². The van der Waals surface area contributed by atoms with Gasteiger partial charge in [-0.05, 0) is 34.7 Å². The lowest BCUT2D eigenvalue weighted by Crippen LogP contribution is -1.82. The molecule has 70 valence electrons. The Morgan fingerprint density at radius 1 is 1.38 bits per heavy atom. The number of hydrogen-bond donors (Lipinski definition) is 0. The van der Waals surface area contributed by atoms with Crippen molar-refractivity contribution in [1.29, 1.82) is 0 Å². The third kappa shape index (κ3) is 2.27. The Morgan fingerprint density at radius 2 is 2.15 bits per heavy atom. The zero-order chi connectivity index (χ0) is 8.55. The van der Waals surface area contributed by atoms with Gasteiger partial charge in [-0.25, -0.2) is 4.98 Å². The summed E-state index contributed by atoms with van der Waals surface area (Å²) < 4.78 is 3.18. The molecule has 0 radical (unpaired) electrons. The molecule has 13 heavy (non-hydrogen) atoms. The fourth-order valence-electron chi connectivity index (χ4n) is 1.08. The van der Waals surface area contributed by atoms with Crippen molar-refractivity contribution in [2.75, 3.05) is 0 Å². The minimum absolute atomic E-state index is 0. The average molecular weight is 329 g/mol. The molecule has 0 bridgehead atoms. The number of aromatic nitrogens is 2. The van der Waals surface area contributed by atoms with Gasteiger partial charge in [0.25, 0.3) is 0 Å². The molecule has 0 fully saturated rings. The van der Waals surface area contributed by atoms with E-state index in [4.69, 9.17) is 11.6 Å². The van der Waals surface area contributed by atoms with Crippen LogP contribution >= 0.6 is 46.6 Å². The maximum absolute atomic E-state index is 5.66. The molecule has 0 saturated heterocycles. The maximum Gasteiger partial charge on any atom is 0.137 e. The standard InChI is InChI=1S/C8H6ClIN2.ClH/c9-3-7-5-12-4-6(10)1-2-8(12)11-7;/h1-2,4-5H,3H2;1H. The van der Waals surface area contributed by atoms with E-state index in [0.29, 0.717) is 5.88 Å². The van der Waals surface area contributed by atoms with E-state index in [1.54, 1.807) is 0 Å². The summed E-state index contributed by atoms with van der Waals surface area (Å²) in [6.45, 7) is 0. The number of alkyl halides is 1. The highest BCUT2D eigenvalue weighted by molar-refractivity contribution is 14.1. The van der Waals surface area contributed by atoms with Crippen LogP contribution in [-0.4, -0.2) is 9.38 Å². The lowest BCUT2D eigenvalue weighted by atomic mass is 10.5. The summed E-state index contributed by atoms with van der Waals surface area (Å²) in [6.07, 6.45) is 3.98. The fraction of sp³-hybridized carbons (Fsp3) is 0.125. The predicted molar refractivity (Wildman–Crippen MR) is 64.7 cm³/mol. The molecule has 0 atom stereocenters. The Kier molecular flexibility index (Phi) is 3.82. The van der Waals surface area contributed by atoms with Crippen molar-refractivity contribution >= 4 is 52.2 Å². The second-order valence-corrected chi connectivity index (χ2v) is 3.99. The Balaban J connectivity index is 0.000000845. The van der Waals surface area contributed by atoms with Gasteiger partial charge in [-0.15, -0.1) is 24.0 Å². The minimum atomic E-state index is 0. The van der Waals surface area contributed by atoms with E-state index in [-0.39, 0.29) is 12.4 Å². The number of pyridine rings is 1. The molecular formula is C8H7Cl2IN2. The minimum Gasteiger partial charge on any atom is -0.306 e. The molecule has 2 nitrogen and oxygen atoms in total. The van der Waals surface area contributed by atoms with Gasteiger partial charge in [-0.3, -0.25) is 0 Å². The summed E-state index contributed by atoms with van der Waals surface area (Å²) in [5.74, 6) is 0.470. The molecule has 5 heteroatoms. The summed E-state index contributed by atoms with van der Waals surface area (Å²) in [6, 6.07) is 4.01. The fourth-order valence-corrected chi connectivity index (χ4v) is 1.69. The normalized spacial score (nSPS) is 10.0. The van der Waals surface area contributed by atoms with Crippen LogP contribution in [0.4, 0.5) is 0 Å². The molecule has 0 saturated carbocycles. The summed E-state index contributed by atoms with van der Waals surface area (Å²) in [7, 11) is 0. The first kappa shape index (κ1) is 11.1. The molecular weight excluding hydrogens is 322 g/mol. The lowest BCUT2D eigenvalue weighted by Gasteiger charge is -1.91. The highest BCUT2D eigenvalue weighted by Crippen LogP contribution is 2.10. The molecule has 0 N–H and O–H groups in total. The van der Waals surface area contributed by atoms with E-state index in [0.717, 1.165) is 11.3 Å². The molecule has 0 aliphatic rings. The number of hydrogen-bond acceptors (Lipinski definition) is 1. The van der Waals surface area contributed by atoms with Crippen LogP contribution in [0.25, 0.3) is 5.65 Å². The quantitative estimate of drug-likeness (QED) is 0.581. The molecule has 0 unspecified atom stereocenters. The summed E-state index contributed by atoms with van der Waals surface area (Å²) in [5.41, 5.74) is 1.87. The summed E-state index contributed by atoms with van der Waals surface area (Å²) in [4.78, 5) is 4.30. The average Bonchev–Trinajstić information content (AvgIpc) is 2.46. The van der Waals surface area contributed by atoms with Crippen LogP contribution in [0.5, 0.6) is 0 Å². The first-order valence-electron chi connectivity index (χ1n) is 3.49. The molecule has 2 rings (SSSR count). The van der Waals surface area contributed by atoms with Crippen LogP contribution in [0, 0.1) is 3.57 Å². The van der Waals surface area contributed by atoms with Gasteiger partial charge in [0.1, 0.15) is 5.65 Å². The van der Waals surface area contributed by atoms with Crippen LogP contribution in [0.2, 0.25) is 0 Å². The highest BCUT2D eigenvalue weighted by Gasteiger charge is 1.99. The molecule has 2 aromatic rings. The number of imidazole rings is 1. The third-order valence-corrected chi connectivity index (χ3v) is 2.51. The van der Waals surface area contributed by atoms with Crippen molar-refractivity contribution in [3.05, 3.63) is 33.8 Å². The molecule has 2 heterocycles. The van der Waals surface area contributed by atoms with Crippen molar-refractivity contribution < 1.29 is 0 Å². The molecule has 0 aromatic carbocycles. The monoisotopic (exact) mass is 328 g/mol. The lowest BCUT2D eigenvalue weighted by molar-refractivity contribution is 1.17. The molecule has 0 spiro atoms. The molecule has 2 aromatic heterocycles. The van der Waals surface area contributed by atoms with E-state index in [1.165, 1.54) is 3.57 Å². The second kappa shape index (κ2) is 4.48. The number of fused-ring (bicyclic) bond motifs is 1. The number of halogens is 3. The Morgan fingerprint density at radius 3 is 2.85 bits per heavy atom. The van der Waals surface area contributed by atoms with Gasteiger partial charge in [0, 0.05) is 16.0 Å². The maximum atomic E-state index is 5.66. The van der Waals surface area contributed by atoms with Crippen molar-refractivity contribution in [3.8, 4) is 0 Å². The highest BCUT2D eigenvalue weighted by atomic mass is 127. The van der Waals surface area contributed by atoms with E-state index in [9.17, 15) is 0 Å². The molecule has 0 aliphatic carbocycles. The first-order valence-corrected chi connectivity index (χ1v) is 5.10. The topological polar surface area (TPSA) is 17.3 Å². The van der Waals surface area contributed by atoms with Gasteiger partial charge in [0.2, 0.25) is 0 Å². The predicted octanol–water partition coefficient (Wildman–Crippen LogP) is 3.10. The van der Waals surface area contributed by atoms with E-state index >= 15 is 0 Å². The van der Waals surface area contributed by atoms with Gasteiger partial charge in [0.05, 0.1) is 11.6 Å². The molecule has 0 amide bonds. The largest absolute Gasteiger partial charge is 0.306 e. The van der Waals surface area contributed by atoms with E-state index in [1.807, 2.05) is 28.9 Å². The third-order valence-electron chi connectivity index (χ3n) is 1.60. The SMILES string of the molecule is Cl.ClCc1cn2cc(I)ccc2n1. The van der Waals surface area contributed by atoms with Gasteiger partial charge < -0.3 is 4.40 Å². The smallest absolute Gasteiger partial charge is 0.137 e. The van der Waals surface area contributed by atoms with Gasteiger partial charge in [0.15, 0.2) is 0 Å². The zero-order valence-corrected chi connectivity index (χ0v) is 10.3. The van der Waals surface area contributed by atoms with Crippen LogP contribution < -0.4 is 0 Å². The van der Waals surface area contributed by atoms with Crippen molar-refractivity contribution in [1.82, 2.24) is 9.38 Å². The van der Waals surface area contributed by atoms with Crippen LogP contribution in [0.3, 0.4) is 0 Å². The van der Waals surface area contributed by atoms with Crippen LogP contribution in [0.1, 0.15) is 5.69 Å². The Bertz CT molecular complexity index is 413. The van der Waals surface area contributed by atoms with Gasteiger partial charge in [-0.2, -0.15) is 0 Å². The Hall–Kier alpha value is -0.000000000000000167. The van der Waals surface area contributed by atoms with Crippen molar-refractivity contribution in [2.45, 2.75) is 5.88 Å². The first-order chi connectivity index (χ1) is 5.79. The molecule has 0 aliphatic heterocycles. The van der Waals surface area contributed by atoms with Gasteiger partial charge in [-0.1, -0.05) is 0 Å². The van der Waals surface area contributed by atoms with E-state index < -0.39 is 0 Å². The van der Waals surface area contributed by atoms with Crippen LogP contribution in [-0.2, 0) is 5.88 Å². The zero-order valence-electron chi connectivity index (χ0n) is 6.58. The van der Waals surface area contributed by atoms with Crippen LogP contribution in [0.15, 0.2) is 24.5 Å². The summed E-state index contributed by atoms with van der Waals surface area (Å²) >= 11 is 7.93. The summed E-state index contributed by atoms with van der Waals surface area (Å²) in [5, 5.41) is 0. The van der Waals surface area contributed by atoms with Crippen molar-refractivity contribution in [3.63, 3.8) is 0 Å². The Labute approximate surface area is 101 Å². The second-order valence-electron chi connectivity index (χ2n) is 2.48. The van der Waals surface area contributed by atoms with Gasteiger partial charge >= 0.3 is 0 Å². The van der Waals surface area contributed by atoms with E-state index in [2.05, 4.69) is 27.6 Å². The number of rotatable bonds is 1. The number of nitrogens with zero attached hydrogens (tertiary/aromatic N) is 2.